The first-order valence-electron chi connectivity index (χ1n) is 8.07. The van der Waals surface area contributed by atoms with Gasteiger partial charge in [-0.2, -0.15) is 5.26 Å². The van der Waals surface area contributed by atoms with Crippen molar-refractivity contribution in [3.05, 3.63) is 59.2 Å². The van der Waals surface area contributed by atoms with Gasteiger partial charge in [-0.1, -0.05) is 0 Å². The van der Waals surface area contributed by atoms with Crippen LogP contribution in [0.1, 0.15) is 41.0 Å². The van der Waals surface area contributed by atoms with Gasteiger partial charge in [0, 0.05) is 22.1 Å². The summed E-state index contributed by atoms with van der Waals surface area (Å²) in [5.41, 5.74) is -1.22. The molecule has 0 aliphatic carbocycles. The highest BCUT2D eigenvalue weighted by atomic mass is 32.2. The fraction of sp³-hybridized carbons (Fsp3) is 0.211. The van der Waals surface area contributed by atoms with E-state index in [1.165, 1.54) is 0 Å². The lowest BCUT2D eigenvalue weighted by Crippen LogP contribution is -2.43. The zero-order valence-electron chi connectivity index (χ0n) is 15.0. The van der Waals surface area contributed by atoms with E-state index in [1.54, 1.807) is 38.1 Å². The van der Waals surface area contributed by atoms with E-state index in [4.69, 9.17) is 10.4 Å². The second-order valence-electron chi connectivity index (χ2n) is 6.52. The average molecular weight is 405 g/mol. The van der Waals surface area contributed by atoms with Gasteiger partial charge in [0.05, 0.1) is 23.7 Å². The van der Waals surface area contributed by atoms with Gasteiger partial charge in [-0.25, -0.2) is 13.6 Å². The first kappa shape index (κ1) is 21.2. The number of hydrogen-bond acceptors (Lipinski definition) is 5. The van der Waals surface area contributed by atoms with Crippen LogP contribution in [0, 0.1) is 23.0 Å². The Labute approximate surface area is 164 Å². The number of carboxylic acids is 1. The van der Waals surface area contributed by atoms with Crippen molar-refractivity contribution in [1.29, 1.82) is 5.26 Å². The largest absolute Gasteiger partial charge is 0.478 e. The number of benzene rings is 2. The Morgan fingerprint density at radius 3 is 2.39 bits per heavy atom. The molecule has 1 amide bonds. The molecular formula is C19H17F2N3O3S. The topological polar surface area (TPSA) is 102 Å². The van der Waals surface area contributed by atoms with Gasteiger partial charge in [0.2, 0.25) is 0 Å². The highest BCUT2D eigenvalue weighted by molar-refractivity contribution is 8.00. The van der Waals surface area contributed by atoms with Gasteiger partial charge in [0.15, 0.2) is 0 Å². The number of carbonyl (C=O) groups excluding carboxylic acids is 1. The van der Waals surface area contributed by atoms with Crippen LogP contribution in [0.3, 0.4) is 0 Å². The van der Waals surface area contributed by atoms with Crippen molar-refractivity contribution in [3.8, 4) is 6.07 Å². The highest BCUT2D eigenvalue weighted by Gasteiger charge is 2.21. The number of rotatable bonds is 7. The van der Waals surface area contributed by atoms with Crippen LogP contribution in [0.5, 0.6) is 0 Å². The molecule has 3 N–H and O–H groups in total. The minimum Gasteiger partial charge on any atom is -0.478 e. The monoisotopic (exact) mass is 405 g/mol. The normalized spacial score (nSPS) is 10.8. The van der Waals surface area contributed by atoms with Gasteiger partial charge < -0.3 is 15.1 Å². The summed E-state index contributed by atoms with van der Waals surface area (Å²) in [7, 11) is 0. The summed E-state index contributed by atoms with van der Waals surface area (Å²) in [6.07, 6.45) is 0.166. The van der Waals surface area contributed by atoms with E-state index >= 15 is 0 Å². The maximum Gasteiger partial charge on any atom is 0.338 e. The fourth-order valence-corrected chi connectivity index (χ4v) is 2.85. The molecule has 0 bridgehead atoms. The Bertz CT molecular complexity index is 941. The quantitative estimate of drug-likeness (QED) is 0.597. The van der Waals surface area contributed by atoms with E-state index in [0.717, 1.165) is 18.0 Å². The third-order valence-electron chi connectivity index (χ3n) is 3.66. The van der Waals surface area contributed by atoms with Crippen molar-refractivity contribution in [3.63, 3.8) is 0 Å². The first-order chi connectivity index (χ1) is 13.1. The van der Waals surface area contributed by atoms with Crippen molar-refractivity contribution < 1.29 is 23.5 Å². The number of nitriles is 1. The molecule has 0 aliphatic heterocycles. The number of carbonyl (C=O) groups is 2. The zero-order chi connectivity index (χ0) is 20.9. The summed E-state index contributed by atoms with van der Waals surface area (Å²) >= 11 is 0.973. The van der Waals surface area contributed by atoms with Gasteiger partial charge in [-0.15, -0.1) is 0 Å². The number of nitrogens with one attached hydrogen (secondary N) is 2. The molecule has 0 aromatic heterocycles. The molecule has 28 heavy (non-hydrogen) atoms. The lowest BCUT2D eigenvalue weighted by Gasteiger charge is -2.23. The molecule has 0 saturated carbocycles. The number of nitrogens with zero attached hydrogens (tertiary/aromatic N) is 1. The van der Waals surface area contributed by atoms with Crippen molar-refractivity contribution in [2.24, 2.45) is 0 Å². The summed E-state index contributed by atoms with van der Waals surface area (Å²) in [5.74, 6) is -3.84. The number of hydrogen-bond donors (Lipinski definition) is 3. The molecular weight excluding hydrogens is 388 g/mol. The lowest BCUT2D eigenvalue weighted by molar-refractivity contribution is 0.0691. The minimum absolute atomic E-state index is 0.166. The molecule has 2 aromatic carbocycles. The Balaban J connectivity index is 2.04. The zero-order valence-corrected chi connectivity index (χ0v) is 15.9. The predicted octanol–water partition coefficient (Wildman–Crippen LogP) is 4.20. The standard InChI is InChI=1S/C19H17F2N3O3S/c1-19(2,7-8-22)23-17(25)11-3-5-12(6-4-11)28-24-16-10-14(20)13(18(26)27)9-15(16)21/h3-6,9-10,24H,7H2,1-2H3,(H,23,25)(H,26,27). The summed E-state index contributed by atoms with van der Waals surface area (Å²) < 4.78 is 30.2. The Kier molecular flexibility index (Phi) is 6.59. The molecule has 2 rings (SSSR count). The summed E-state index contributed by atoms with van der Waals surface area (Å²) in [5, 5.41) is 20.3. The van der Waals surface area contributed by atoms with Gasteiger partial charge in [-0.3, -0.25) is 4.79 Å². The molecule has 9 heteroatoms. The molecule has 2 aromatic rings. The van der Waals surface area contributed by atoms with Gasteiger partial charge in [-0.05, 0) is 56.1 Å². The van der Waals surface area contributed by atoms with Crippen LogP contribution in [0.4, 0.5) is 14.5 Å². The van der Waals surface area contributed by atoms with Crippen LogP contribution in [0.15, 0.2) is 41.3 Å². The molecule has 6 nitrogen and oxygen atoms in total. The van der Waals surface area contributed by atoms with Crippen LogP contribution < -0.4 is 10.0 Å². The maximum absolute atomic E-state index is 13.9. The fourth-order valence-electron chi connectivity index (χ4n) is 2.20. The second kappa shape index (κ2) is 8.71. The van der Waals surface area contributed by atoms with Crippen LogP contribution in [0.2, 0.25) is 0 Å². The van der Waals surface area contributed by atoms with Crippen molar-refractivity contribution >= 4 is 29.5 Å². The molecule has 0 saturated heterocycles. The van der Waals surface area contributed by atoms with E-state index in [1.807, 2.05) is 6.07 Å². The molecule has 0 radical (unpaired) electrons. The third kappa shape index (κ3) is 5.44. The van der Waals surface area contributed by atoms with E-state index in [0.29, 0.717) is 16.5 Å². The number of carboxylic acid groups (broad SMARTS) is 1. The summed E-state index contributed by atoms with van der Waals surface area (Å²) in [6, 6.07) is 9.74. The van der Waals surface area contributed by atoms with Gasteiger partial charge >= 0.3 is 5.97 Å². The summed E-state index contributed by atoms with van der Waals surface area (Å²) in [4.78, 5) is 23.6. The SMILES string of the molecule is CC(C)(CC#N)NC(=O)c1ccc(SNc2cc(F)c(C(=O)O)cc2F)cc1. The number of halogens is 2. The van der Waals surface area contributed by atoms with E-state index in [9.17, 15) is 18.4 Å². The van der Waals surface area contributed by atoms with E-state index < -0.39 is 28.7 Å². The smallest absolute Gasteiger partial charge is 0.338 e. The van der Waals surface area contributed by atoms with Crippen molar-refractivity contribution in [2.45, 2.75) is 30.7 Å². The molecule has 0 spiro atoms. The second-order valence-corrected chi connectivity index (χ2v) is 7.40. The Hall–Kier alpha value is -3.12. The average Bonchev–Trinajstić information content (AvgIpc) is 2.61. The first-order valence-corrected chi connectivity index (χ1v) is 8.89. The van der Waals surface area contributed by atoms with Crippen molar-refractivity contribution in [2.75, 3.05) is 4.72 Å². The van der Waals surface area contributed by atoms with Gasteiger partial charge in [0.1, 0.15) is 11.6 Å². The molecule has 0 heterocycles. The van der Waals surface area contributed by atoms with Crippen LogP contribution in [-0.2, 0) is 0 Å². The maximum atomic E-state index is 13.9. The van der Waals surface area contributed by atoms with Crippen LogP contribution in [-0.4, -0.2) is 22.5 Å². The van der Waals surface area contributed by atoms with Crippen LogP contribution in [0.25, 0.3) is 0 Å². The van der Waals surface area contributed by atoms with E-state index in [-0.39, 0.29) is 18.0 Å². The van der Waals surface area contributed by atoms with Crippen molar-refractivity contribution in [1.82, 2.24) is 5.32 Å². The van der Waals surface area contributed by atoms with E-state index in [2.05, 4.69) is 10.0 Å². The number of aromatic carboxylic acids is 1. The minimum atomic E-state index is -1.55. The molecule has 0 unspecified atom stereocenters. The molecule has 0 atom stereocenters. The Morgan fingerprint density at radius 1 is 1.18 bits per heavy atom. The predicted molar refractivity (Wildman–Crippen MR) is 101 cm³/mol. The van der Waals surface area contributed by atoms with Gasteiger partial charge in [0.25, 0.3) is 5.91 Å². The molecule has 0 fully saturated rings. The Morgan fingerprint density at radius 2 is 1.82 bits per heavy atom. The third-order valence-corrected chi connectivity index (χ3v) is 4.49. The number of anilines is 1. The lowest BCUT2D eigenvalue weighted by atomic mass is 10.0. The molecule has 146 valence electrons. The molecule has 0 aliphatic rings. The number of amides is 1. The summed E-state index contributed by atoms with van der Waals surface area (Å²) in [6.45, 7) is 3.48. The van der Waals surface area contributed by atoms with Crippen LogP contribution >= 0.6 is 11.9 Å². The highest BCUT2D eigenvalue weighted by Crippen LogP contribution is 2.26.